The molecule has 16 heavy (non-hydrogen) atoms. The zero-order valence-electron chi connectivity index (χ0n) is 8.57. The molecule has 0 aliphatic heterocycles. The lowest BCUT2D eigenvalue weighted by molar-refractivity contribution is 0.597. The van der Waals surface area contributed by atoms with Crippen LogP contribution in [0.5, 0.6) is 0 Å². The second-order valence-electron chi connectivity index (χ2n) is 3.11. The predicted molar refractivity (Wildman–Crippen MR) is 69.7 cm³/mol. The van der Waals surface area contributed by atoms with E-state index in [1.54, 1.807) is 0 Å². The molecule has 0 spiro atoms. The maximum absolute atomic E-state index is 11.6. The Morgan fingerprint density at radius 1 is 1.44 bits per heavy atom. The van der Waals surface area contributed by atoms with Gasteiger partial charge in [-0.3, -0.25) is 4.72 Å². The molecule has 0 saturated heterocycles. The minimum Gasteiger partial charge on any atom is -0.265 e. The number of halogens is 2. The summed E-state index contributed by atoms with van der Waals surface area (Å²) < 4.78 is 26.4. The molecule has 0 radical (unpaired) electrons. The average Bonchev–Trinajstić information content (AvgIpc) is 2.19. The van der Waals surface area contributed by atoms with E-state index >= 15 is 0 Å². The Labute approximate surface area is 111 Å². The van der Waals surface area contributed by atoms with Gasteiger partial charge in [-0.05, 0) is 38.3 Å². The molecule has 0 saturated carbocycles. The molecular formula is C8H11Br2N3O2S. The molecular weight excluding hydrogens is 362 g/mol. The van der Waals surface area contributed by atoms with E-state index < -0.39 is 10.0 Å². The fraction of sp³-hybridized carbons (Fsp3) is 0.500. The molecule has 1 rings (SSSR count). The third kappa shape index (κ3) is 4.34. The normalized spacial score (nSPS) is 11.4. The molecule has 1 aromatic rings. The van der Waals surface area contributed by atoms with Crippen LogP contribution in [0.1, 0.15) is 19.8 Å². The van der Waals surface area contributed by atoms with E-state index in [1.807, 2.05) is 6.92 Å². The number of aromatic nitrogens is 2. The van der Waals surface area contributed by atoms with Gasteiger partial charge in [0.15, 0.2) is 10.4 Å². The predicted octanol–water partition coefficient (Wildman–Crippen LogP) is 2.54. The number of nitrogens with zero attached hydrogens (tertiary/aromatic N) is 2. The topological polar surface area (TPSA) is 72.0 Å². The first kappa shape index (κ1) is 13.9. The van der Waals surface area contributed by atoms with Crippen molar-refractivity contribution in [1.82, 2.24) is 9.97 Å². The summed E-state index contributed by atoms with van der Waals surface area (Å²) in [5.41, 5.74) is 0. The fourth-order valence-electron chi connectivity index (χ4n) is 0.948. The summed E-state index contributed by atoms with van der Waals surface area (Å²) in [7, 11) is -3.33. The van der Waals surface area contributed by atoms with E-state index in [-0.39, 0.29) is 11.6 Å². The standard InChI is InChI=1S/C8H11Br2N3O2S/c1-2-3-4-16(14,15)13-8-7(10)12-6(9)5-11-8/h5H,2-4H2,1H3,(H,11,13). The summed E-state index contributed by atoms with van der Waals surface area (Å²) in [6, 6.07) is 0. The molecule has 0 aliphatic rings. The van der Waals surface area contributed by atoms with Gasteiger partial charge in [0.2, 0.25) is 10.0 Å². The van der Waals surface area contributed by atoms with Crippen LogP contribution >= 0.6 is 31.9 Å². The molecule has 1 N–H and O–H groups in total. The molecule has 0 amide bonds. The first-order valence-corrected chi connectivity index (χ1v) is 7.87. The van der Waals surface area contributed by atoms with Crippen LogP contribution < -0.4 is 4.72 Å². The summed E-state index contributed by atoms with van der Waals surface area (Å²) >= 11 is 6.27. The van der Waals surface area contributed by atoms with Crippen LogP contribution in [0.2, 0.25) is 0 Å². The third-order valence-electron chi connectivity index (χ3n) is 1.72. The largest absolute Gasteiger partial charge is 0.265 e. The Balaban J connectivity index is 2.80. The van der Waals surface area contributed by atoms with Gasteiger partial charge >= 0.3 is 0 Å². The minimum atomic E-state index is -3.33. The van der Waals surface area contributed by atoms with E-state index in [0.29, 0.717) is 15.6 Å². The monoisotopic (exact) mass is 371 g/mol. The highest BCUT2D eigenvalue weighted by Crippen LogP contribution is 2.20. The summed E-state index contributed by atoms with van der Waals surface area (Å²) in [4.78, 5) is 7.91. The van der Waals surface area contributed by atoms with Crippen molar-refractivity contribution in [3.05, 3.63) is 15.4 Å². The van der Waals surface area contributed by atoms with Crippen molar-refractivity contribution in [1.29, 1.82) is 0 Å². The molecule has 0 fully saturated rings. The molecule has 0 aliphatic carbocycles. The van der Waals surface area contributed by atoms with E-state index in [9.17, 15) is 8.42 Å². The average molecular weight is 373 g/mol. The van der Waals surface area contributed by atoms with Crippen LogP contribution in [0, 0.1) is 0 Å². The van der Waals surface area contributed by atoms with Crippen LogP contribution in [-0.4, -0.2) is 24.1 Å². The van der Waals surface area contributed by atoms with Gasteiger partial charge < -0.3 is 0 Å². The van der Waals surface area contributed by atoms with Gasteiger partial charge in [-0.1, -0.05) is 13.3 Å². The van der Waals surface area contributed by atoms with Crippen molar-refractivity contribution in [2.75, 3.05) is 10.5 Å². The molecule has 0 unspecified atom stereocenters. The molecule has 1 aromatic heterocycles. The van der Waals surface area contributed by atoms with E-state index in [2.05, 4.69) is 46.5 Å². The lowest BCUT2D eigenvalue weighted by Gasteiger charge is -2.07. The van der Waals surface area contributed by atoms with Crippen molar-refractivity contribution in [2.24, 2.45) is 0 Å². The summed E-state index contributed by atoms with van der Waals surface area (Å²) in [5.74, 6) is 0.299. The number of unbranched alkanes of at least 4 members (excludes halogenated alkanes) is 1. The van der Waals surface area contributed by atoms with Gasteiger partial charge in [0.1, 0.15) is 4.60 Å². The minimum absolute atomic E-state index is 0.0910. The molecule has 0 atom stereocenters. The second-order valence-corrected chi connectivity index (χ2v) is 6.51. The van der Waals surface area contributed by atoms with Crippen molar-refractivity contribution < 1.29 is 8.42 Å². The quantitative estimate of drug-likeness (QED) is 0.861. The van der Waals surface area contributed by atoms with Crippen LogP contribution in [0.3, 0.4) is 0 Å². The SMILES string of the molecule is CCCCS(=O)(=O)Nc1ncc(Br)nc1Br. The van der Waals surface area contributed by atoms with Crippen LogP contribution in [-0.2, 0) is 10.0 Å². The molecule has 1 heterocycles. The highest BCUT2D eigenvalue weighted by Gasteiger charge is 2.13. The van der Waals surface area contributed by atoms with Gasteiger partial charge in [-0.25, -0.2) is 18.4 Å². The summed E-state index contributed by atoms with van der Waals surface area (Å²) in [6.07, 6.45) is 2.88. The Kier molecular flexibility index (Phi) is 5.13. The van der Waals surface area contributed by atoms with Gasteiger partial charge in [-0.2, -0.15) is 0 Å². The van der Waals surface area contributed by atoms with Gasteiger partial charge in [0.25, 0.3) is 0 Å². The van der Waals surface area contributed by atoms with E-state index in [4.69, 9.17) is 0 Å². The fourth-order valence-corrected chi connectivity index (χ4v) is 3.20. The number of hydrogen-bond donors (Lipinski definition) is 1. The lowest BCUT2D eigenvalue weighted by Crippen LogP contribution is -2.18. The first-order chi connectivity index (χ1) is 7.44. The number of sulfonamides is 1. The van der Waals surface area contributed by atoms with Crippen molar-refractivity contribution in [3.8, 4) is 0 Å². The highest BCUT2D eigenvalue weighted by atomic mass is 79.9. The first-order valence-electron chi connectivity index (χ1n) is 4.63. The summed E-state index contributed by atoms with van der Waals surface area (Å²) in [5, 5.41) is 0. The van der Waals surface area contributed by atoms with Crippen LogP contribution in [0.4, 0.5) is 5.82 Å². The molecule has 0 aromatic carbocycles. The van der Waals surface area contributed by atoms with Crippen LogP contribution in [0.25, 0.3) is 0 Å². The van der Waals surface area contributed by atoms with Gasteiger partial charge in [0, 0.05) is 0 Å². The zero-order valence-corrected chi connectivity index (χ0v) is 12.6. The van der Waals surface area contributed by atoms with Gasteiger partial charge in [0.05, 0.1) is 11.9 Å². The molecule has 5 nitrogen and oxygen atoms in total. The Morgan fingerprint density at radius 2 is 2.12 bits per heavy atom. The van der Waals surface area contributed by atoms with Crippen molar-refractivity contribution in [2.45, 2.75) is 19.8 Å². The highest BCUT2D eigenvalue weighted by molar-refractivity contribution is 9.11. The Bertz CT molecular complexity index is 464. The zero-order chi connectivity index (χ0) is 12.2. The lowest BCUT2D eigenvalue weighted by atomic mass is 10.4. The number of rotatable bonds is 5. The third-order valence-corrected chi connectivity index (χ3v) is 3.98. The maximum Gasteiger partial charge on any atom is 0.233 e. The molecule has 90 valence electrons. The van der Waals surface area contributed by atoms with E-state index in [0.717, 1.165) is 6.42 Å². The summed E-state index contributed by atoms with van der Waals surface area (Å²) in [6.45, 7) is 1.94. The van der Waals surface area contributed by atoms with Crippen molar-refractivity contribution >= 4 is 47.7 Å². The van der Waals surface area contributed by atoms with Gasteiger partial charge in [-0.15, -0.1) is 0 Å². The second kappa shape index (κ2) is 5.92. The smallest absolute Gasteiger partial charge is 0.233 e. The van der Waals surface area contributed by atoms with Crippen molar-refractivity contribution in [3.63, 3.8) is 0 Å². The Morgan fingerprint density at radius 3 is 2.69 bits per heavy atom. The van der Waals surface area contributed by atoms with Crippen LogP contribution in [0.15, 0.2) is 15.4 Å². The molecule has 8 heteroatoms. The Hall–Kier alpha value is -0.210. The number of hydrogen-bond acceptors (Lipinski definition) is 4. The maximum atomic E-state index is 11.6. The number of anilines is 1. The van der Waals surface area contributed by atoms with E-state index in [1.165, 1.54) is 6.20 Å². The molecule has 0 bridgehead atoms. The number of nitrogens with one attached hydrogen (secondary N) is 1.